The normalized spacial score (nSPS) is 22.3. The van der Waals surface area contributed by atoms with Crippen LogP contribution in [0.1, 0.15) is 49.3 Å². The van der Waals surface area contributed by atoms with E-state index < -0.39 is 0 Å². The maximum Gasteiger partial charge on any atom is 0.248 e. The van der Waals surface area contributed by atoms with Gasteiger partial charge in [0.25, 0.3) is 0 Å². The lowest BCUT2D eigenvalue weighted by molar-refractivity contribution is -0.138. The lowest BCUT2D eigenvalue weighted by Gasteiger charge is -2.34. The van der Waals surface area contributed by atoms with Gasteiger partial charge in [0.05, 0.1) is 6.61 Å². The SMILES string of the molecule is CC1CCC(C(=O)N2CCc3c(COCC(=O)N(C)C)cncc3C2)CC1. The van der Waals surface area contributed by atoms with Crippen LogP contribution in [0.5, 0.6) is 0 Å². The lowest BCUT2D eigenvalue weighted by Crippen LogP contribution is -2.41. The van der Waals surface area contributed by atoms with E-state index in [0.29, 0.717) is 19.1 Å². The van der Waals surface area contributed by atoms with E-state index in [4.69, 9.17) is 4.74 Å². The van der Waals surface area contributed by atoms with E-state index in [-0.39, 0.29) is 18.4 Å². The Kier molecular flexibility index (Phi) is 6.47. The van der Waals surface area contributed by atoms with E-state index in [0.717, 1.165) is 55.7 Å². The van der Waals surface area contributed by atoms with Crippen molar-refractivity contribution >= 4 is 11.8 Å². The van der Waals surface area contributed by atoms with Gasteiger partial charge in [-0.15, -0.1) is 0 Å². The fourth-order valence-corrected chi connectivity index (χ4v) is 4.02. The number of pyridine rings is 1. The summed E-state index contributed by atoms with van der Waals surface area (Å²) in [4.78, 5) is 32.4. The van der Waals surface area contributed by atoms with Gasteiger partial charge < -0.3 is 14.5 Å². The van der Waals surface area contributed by atoms with E-state index in [1.807, 2.05) is 17.3 Å². The van der Waals surface area contributed by atoms with Crippen molar-refractivity contribution < 1.29 is 14.3 Å². The molecule has 2 aliphatic rings. The van der Waals surface area contributed by atoms with Gasteiger partial charge in [0, 0.05) is 45.5 Å². The number of hydrogen-bond acceptors (Lipinski definition) is 4. The average Bonchev–Trinajstić information content (AvgIpc) is 2.67. The molecule has 0 radical (unpaired) electrons. The predicted octanol–water partition coefficient (Wildman–Crippen LogP) is 2.40. The van der Waals surface area contributed by atoms with Crippen molar-refractivity contribution in [2.24, 2.45) is 11.8 Å². The molecule has 2 heterocycles. The molecule has 3 rings (SSSR count). The van der Waals surface area contributed by atoms with Gasteiger partial charge in [-0.2, -0.15) is 0 Å². The van der Waals surface area contributed by atoms with Crippen molar-refractivity contribution in [3.05, 3.63) is 29.1 Å². The summed E-state index contributed by atoms with van der Waals surface area (Å²) in [5.41, 5.74) is 3.36. The molecule has 148 valence electrons. The summed E-state index contributed by atoms with van der Waals surface area (Å²) in [6.45, 7) is 4.12. The van der Waals surface area contributed by atoms with Gasteiger partial charge in [0.2, 0.25) is 11.8 Å². The van der Waals surface area contributed by atoms with Gasteiger partial charge in [-0.05, 0) is 54.7 Å². The van der Waals surface area contributed by atoms with Gasteiger partial charge in [-0.25, -0.2) is 0 Å². The Labute approximate surface area is 161 Å². The third-order valence-corrected chi connectivity index (χ3v) is 5.89. The maximum atomic E-state index is 12.9. The van der Waals surface area contributed by atoms with Crippen molar-refractivity contribution in [1.82, 2.24) is 14.8 Å². The second-order valence-corrected chi connectivity index (χ2v) is 8.18. The summed E-state index contributed by atoms with van der Waals surface area (Å²) in [5.74, 6) is 1.21. The largest absolute Gasteiger partial charge is 0.367 e. The van der Waals surface area contributed by atoms with E-state index in [1.54, 1.807) is 14.1 Å². The highest BCUT2D eigenvalue weighted by Crippen LogP contribution is 2.31. The van der Waals surface area contributed by atoms with Crippen LogP contribution < -0.4 is 0 Å². The van der Waals surface area contributed by atoms with E-state index in [9.17, 15) is 9.59 Å². The molecule has 6 nitrogen and oxygen atoms in total. The summed E-state index contributed by atoms with van der Waals surface area (Å²) >= 11 is 0. The zero-order valence-corrected chi connectivity index (χ0v) is 16.7. The number of likely N-dealkylation sites (N-methyl/N-ethyl adjacent to an activating group) is 1. The number of ether oxygens (including phenoxy) is 1. The zero-order valence-electron chi connectivity index (χ0n) is 16.7. The molecular weight excluding hydrogens is 342 g/mol. The minimum Gasteiger partial charge on any atom is -0.367 e. The fraction of sp³-hybridized carbons (Fsp3) is 0.667. The number of rotatable bonds is 5. The smallest absolute Gasteiger partial charge is 0.248 e. The molecular formula is C21H31N3O3. The molecule has 6 heteroatoms. The van der Waals surface area contributed by atoms with E-state index in [1.165, 1.54) is 10.5 Å². The first-order valence-corrected chi connectivity index (χ1v) is 9.97. The third-order valence-electron chi connectivity index (χ3n) is 5.89. The summed E-state index contributed by atoms with van der Waals surface area (Å²) in [5, 5.41) is 0. The minimum absolute atomic E-state index is 0.0497. The Morgan fingerprint density at radius 2 is 1.96 bits per heavy atom. The van der Waals surface area contributed by atoms with Crippen molar-refractivity contribution in [3.8, 4) is 0 Å². The van der Waals surface area contributed by atoms with Crippen LogP contribution in [0, 0.1) is 11.8 Å². The number of carbonyl (C=O) groups is 2. The van der Waals surface area contributed by atoms with E-state index in [2.05, 4.69) is 11.9 Å². The minimum atomic E-state index is -0.0497. The first kappa shape index (κ1) is 19.8. The molecule has 0 bridgehead atoms. The van der Waals surface area contributed by atoms with Crippen molar-refractivity contribution in [2.75, 3.05) is 27.2 Å². The van der Waals surface area contributed by atoms with E-state index >= 15 is 0 Å². The van der Waals surface area contributed by atoms with Gasteiger partial charge >= 0.3 is 0 Å². The Balaban J connectivity index is 1.60. The molecule has 0 saturated heterocycles. The zero-order chi connectivity index (χ0) is 19.4. The molecule has 0 spiro atoms. The molecule has 0 unspecified atom stereocenters. The highest BCUT2D eigenvalue weighted by molar-refractivity contribution is 5.79. The third kappa shape index (κ3) is 4.86. The molecule has 1 aliphatic heterocycles. The molecule has 1 aromatic rings. The Morgan fingerprint density at radius 3 is 2.67 bits per heavy atom. The van der Waals surface area contributed by atoms with Crippen molar-refractivity contribution in [1.29, 1.82) is 0 Å². The summed E-state index contributed by atoms with van der Waals surface area (Å²) < 4.78 is 5.58. The highest BCUT2D eigenvalue weighted by atomic mass is 16.5. The predicted molar refractivity (Wildman–Crippen MR) is 103 cm³/mol. The Hall–Kier alpha value is -1.95. The van der Waals surface area contributed by atoms with Crippen LogP contribution in [0.3, 0.4) is 0 Å². The maximum absolute atomic E-state index is 12.9. The Bertz CT molecular complexity index is 681. The molecule has 0 atom stereocenters. The summed E-state index contributed by atoms with van der Waals surface area (Å²) in [6.07, 6.45) is 8.88. The van der Waals surface area contributed by atoms with Crippen LogP contribution in [0.4, 0.5) is 0 Å². The standard InChI is InChI=1S/C21H31N3O3/c1-15-4-6-16(7-5-15)21(26)24-9-8-19-17(12-24)10-22-11-18(19)13-27-14-20(25)23(2)3/h10-11,15-16H,4-9,12-14H2,1-3H3. The van der Waals surface area contributed by atoms with Crippen LogP contribution in [0.15, 0.2) is 12.4 Å². The number of carbonyl (C=O) groups excluding carboxylic acids is 2. The van der Waals surface area contributed by atoms with Crippen LogP contribution >= 0.6 is 0 Å². The number of aromatic nitrogens is 1. The molecule has 27 heavy (non-hydrogen) atoms. The molecule has 2 amide bonds. The molecule has 0 N–H and O–H groups in total. The van der Waals surface area contributed by atoms with Crippen LogP contribution in [-0.4, -0.2) is 53.8 Å². The number of amides is 2. The number of fused-ring (bicyclic) bond motifs is 1. The van der Waals surface area contributed by atoms with Crippen molar-refractivity contribution in [2.45, 2.75) is 52.2 Å². The topological polar surface area (TPSA) is 62.7 Å². The molecule has 1 aliphatic carbocycles. The summed E-state index contributed by atoms with van der Waals surface area (Å²) in [6, 6.07) is 0. The van der Waals surface area contributed by atoms with Crippen molar-refractivity contribution in [3.63, 3.8) is 0 Å². The van der Waals surface area contributed by atoms with Crippen LogP contribution in [0.25, 0.3) is 0 Å². The van der Waals surface area contributed by atoms with Gasteiger partial charge in [-0.3, -0.25) is 14.6 Å². The van der Waals surface area contributed by atoms with Crippen LogP contribution in [0.2, 0.25) is 0 Å². The quantitative estimate of drug-likeness (QED) is 0.795. The van der Waals surface area contributed by atoms with Gasteiger partial charge in [-0.1, -0.05) is 6.92 Å². The lowest BCUT2D eigenvalue weighted by atomic mass is 9.82. The Morgan fingerprint density at radius 1 is 1.22 bits per heavy atom. The number of nitrogens with zero attached hydrogens (tertiary/aromatic N) is 3. The average molecular weight is 373 g/mol. The monoisotopic (exact) mass is 373 g/mol. The molecule has 1 aromatic heterocycles. The van der Waals surface area contributed by atoms with Gasteiger partial charge in [0.1, 0.15) is 6.61 Å². The van der Waals surface area contributed by atoms with Gasteiger partial charge in [0.15, 0.2) is 0 Å². The summed E-state index contributed by atoms with van der Waals surface area (Å²) in [7, 11) is 3.44. The molecule has 1 saturated carbocycles. The first-order chi connectivity index (χ1) is 13.0. The van der Waals surface area contributed by atoms with Crippen LogP contribution in [-0.2, 0) is 33.9 Å². The second kappa shape index (κ2) is 8.83. The fourth-order valence-electron chi connectivity index (χ4n) is 4.02. The second-order valence-electron chi connectivity index (χ2n) is 8.18. The molecule has 0 aromatic carbocycles. The highest BCUT2D eigenvalue weighted by Gasteiger charge is 2.30. The number of hydrogen-bond donors (Lipinski definition) is 0. The first-order valence-electron chi connectivity index (χ1n) is 9.97. The molecule has 1 fully saturated rings.